The van der Waals surface area contributed by atoms with Crippen LogP contribution in [0.2, 0.25) is 0 Å². The lowest BCUT2D eigenvalue weighted by Crippen LogP contribution is -2.31. The molecular formula is C18H15F2N3O3S. The zero-order valence-electron chi connectivity index (χ0n) is 14.2. The van der Waals surface area contributed by atoms with E-state index < -0.39 is 18.4 Å². The molecular weight excluding hydrogens is 376 g/mol. The lowest BCUT2D eigenvalue weighted by atomic mass is 10.2. The van der Waals surface area contributed by atoms with Gasteiger partial charge in [0.1, 0.15) is 5.75 Å². The number of amides is 2. The van der Waals surface area contributed by atoms with E-state index in [1.807, 2.05) is 35.9 Å². The highest BCUT2D eigenvalue weighted by atomic mass is 32.2. The number of carbonyl (C=O) groups is 2. The Morgan fingerprint density at radius 3 is 2.56 bits per heavy atom. The van der Waals surface area contributed by atoms with Gasteiger partial charge in [-0.1, -0.05) is 23.9 Å². The molecule has 3 aromatic rings. The van der Waals surface area contributed by atoms with Crippen LogP contribution in [-0.4, -0.2) is 33.7 Å². The fraction of sp³-hybridized carbons (Fsp3) is 0.167. The van der Waals surface area contributed by atoms with Crippen LogP contribution in [0.1, 0.15) is 10.4 Å². The number of nitrogens with zero attached hydrogens (tertiary/aromatic N) is 2. The summed E-state index contributed by atoms with van der Waals surface area (Å²) in [5, 5.41) is 2.91. The molecule has 2 amide bonds. The van der Waals surface area contributed by atoms with Gasteiger partial charge in [0.15, 0.2) is 5.16 Å². The van der Waals surface area contributed by atoms with Crippen LogP contribution in [0.3, 0.4) is 0 Å². The molecule has 0 bridgehead atoms. The molecule has 1 N–H and O–H groups in total. The molecule has 9 heteroatoms. The molecule has 2 aromatic carbocycles. The molecule has 0 aliphatic rings. The largest absolute Gasteiger partial charge is 0.435 e. The van der Waals surface area contributed by atoms with E-state index in [1.54, 1.807) is 0 Å². The predicted molar refractivity (Wildman–Crippen MR) is 97.0 cm³/mol. The number of nitrogens with one attached hydrogen (secondary N) is 1. The summed E-state index contributed by atoms with van der Waals surface area (Å²) < 4.78 is 30.3. The van der Waals surface area contributed by atoms with Crippen molar-refractivity contribution in [1.82, 2.24) is 14.9 Å². The van der Waals surface area contributed by atoms with Gasteiger partial charge in [0.2, 0.25) is 5.91 Å². The first kappa shape index (κ1) is 18.8. The van der Waals surface area contributed by atoms with Gasteiger partial charge in [-0.25, -0.2) is 4.98 Å². The average molecular weight is 391 g/mol. The van der Waals surface area contributed by atoms with Gasteiger partial charge in [0.05, 0.1) is 16.8 Å². The normalized spacial score (nSPS) is 11.0. The summed E-state index contributed by atoms with van der Waals surface area (Å²) in [6.07, 6.45) is 0. The zero-order chi connectivity index (χ0) is 19.4. The maximum Gasteiger partial charge on any atom is 0.387 e. The van der Waals surface area contributed by atoms with E-state index in [1.165, 1.54) is 36.0 Å². The van der Waals surface area contributed by atoms with Crippen LogP contribution in [0.25, 0.3) is 11.0 Å². The molecule has 0 aliphatic heterocycles. The number of hydrogen-bond donors (Lipinski definition) is 1. The number of thioether (sulfide) groups is 1. The molecule has 1 heterocycles. The van der Waals surface area contributed by atoms with Crippen LogP contribution in [0.5, 0.6) is 5.75 Å². The number of alkyl halides is 2. The molecule has 0 unspecified atom stereocenters. The SMILES string of the molecule is Cn1c(SCC(=O)NC(=O)c2ccc(OC(F)F)cc2)nc2ccccc21. The number of halogens is 2. The van der Waals surface area contributed by atoms with Crippen LogP contribution in [0.4, 0.5) is 8.78 Å². The first-order valence-corrected chi connectivity index (χ1v) is 8.86. The van der Waals surface area contributed by atoms with Gasteiger partial charge in [-0.3, -0.25) is 14.9 Å². The number of aryl methyl sites for hydroxylation is 1. The number of benzene rings is 2. The van der Waals surface area contributed by atoms with Gasteiger partial charge < -0.3 is 9.30 Å². The molecule has 0 atom stereocenters. The molecule has 0 aliphatic carbocycles. The third-order valence-electron chi connectivity index (χ3n) is 3.67. The molecule has 0 saturated carbocycles. The third kappa shape index (κ3) is 4.62. The van der Waals surface area contributed by atoms with Crippen molar-refractivity contribution in [3.63, 3.8) is 0 Å². The zero-order valence-corrected chi connectivity index (χ0v) is 15.0. The van der Waals surface area contributed by atoms with Crippen molar-refractivity contribution in [2.24, 2.45) is 7.05 Å². The van der Waals surface area contributed by atoms with Crippen LogP contribution in [0, 0.1) is 0 Å². The molecule has 6 nitrogen and oxygen atoms in total. The molecule has 0 spiro atoms. The number of hydrogen-bond acceptors (Lipinski definition) is 5. The monoisotopic (exact) mass is 391 g/mol. The van der Waals surface area contributed by atoms with Gasteiger partial charge in [0, 0.05) is 12.6 Å². The standard InChI is InChI=1S/C18H15F2N3O3S/c1-23-14-5-3-2-4-13(14)21-18(23)27-10-15(24)22-16(25)11-6-8-12(9-7-11)26-17(19)20/h2-9,17H,10H2,1H3,(H,22,24,25). The minimum absolute atomic E-state index is 0.00940. The predicted octanol–water partition coefficient (Wildman–Crippen LogP) is 3.22. The summed E-state index contributed by atoms with van der Waals surface area (Å²) >= 11 is 1.21. The van der Waals surface area contributed by atoms with E-state index in [9.17, 15) is 18.4 Å². The molecule has 0 fully saturated rings. The third-order valence-corrected chi connectivity index (χ3v) is 4.70. The van der Waals surface area contributed by atoms with Gasteiger partial charge in [-0.15, -0.1) is 0 Å². The Morgan fingerprint density at radius 2 is 1.89 bits per heavy atom. The number of imidazole rings is 1. The van der Waals surface area contributed by atoms with Crippen LogP contribution < -0.4 is 10.1 Å². The minimum atomic E-state index is -2.94. The smallest absolute Gasteiger partial charge is 0.387 e. The van der Waals surface area contributed by atoms with E-state index in [4.69, 9.17) is 0 Å². The molecule has 140 valence electrons. The summed E-state index contributed by atoms with van der Waals surface area (Å²) in [6.45, 7) is -2.94. The Hall–Kier alpha value is -2.94. The maximum atomic E-state index is 12.1. The van der Waals surface area contributed by atoms with Crippen molar-refractivity contribution in [2.45, 2.75) is 11.8 Å². The van der Waals surface area contributed by atoms with Crippen LogP contribution in [-0.2, 0) is 11.8 Å². The summed E-state index contributed by atoms with van der Waals surface area (Å²) in [4.78, 5) is 28.5. The topological polar surface area (TPSA) is 73.2 Å². The second-order valence-corrected chi connectivity index (χ2v) is 6.45. The van der Waals surface area contributed by atoms with Crippen molar-refractivity contribution in [2.75, 3.05) is 5.75 Å². The molecule has 3 rings (SSSR count). The highest BCUT2D eigenvalue weighted by Crippen LogP contribution is 2.22. The van der Waals surface area contributed by atoms with Gasteiger partial charge >= 0.3 is 6.61 Å². The van der Waals surface area contributed by atoms with Crippen LogP contribution in [0.15, 0.2) is 53.7 Å². The van der Waals surface area contributed by atoms with Crippen molar-refractivity contribution in [1.29, 1.82) is 0 Å². The van der Waals surface area contributed by atoms with Crippen molar-refractivity contribution in [3.05, 3.63) is 54.1 Å². The first-order valence-electron chi connectivity index (χ1n) is 7.87. The van der Waals surface area contributed by atoms with Crippen molar-refractivity contribution in [3.8, 4) is 5.75 Å². The summed E-state index contributed by atoms with van der Waals surface area (Å²) in [6, 6.07) is 12.7. The average Bonchev–Trinajstić information content (AvgIpc) is 2.96. The van der Waals surface area contributed by atoms with Crippen LogP contribution >= 0.6 is 11.8 Å². The van der Waals surface area contributed by atoms with Crippen molar-refractivity contribution < 1.29 is 23.1 Å². The fourth-order valence-electron chi connectivity index (χ4n) is 2.41. The Labute approximate surface area is 157 Å². The summed E-state index contributed by atoms with van der Waals surface area (Å²) in [7, 11) is 1.85. The highest BCUT2D eigenvalue weighted by molar-refractivity contribution is 7.99. The Balaban J connectivity index is 1.57. The quantitative estimate of drug-likeness (QED) is 0.653. The van der Waals surface area contributed by atoms with Crippen molar-refractivity contribution >= 4 is 34.6 Å². The minimum Gasteiger partial charge on any atom is -0.435 e. The maximum absolute atomic E-state index is 12.1. The van der Waals surface area contributed by atoms with Gasteiger partial charge in [0.25, 0.3) is 5.91 Å². The molecule has 0 saturated heterocycles. The summed E-state index contributed by atoms with van der Waals surface area (Å²) in [5.41, 5.74) is 1.94. The lowest BCUT2D eigenvalue weighted by Gasteiger charge is -2.06. The van der Waals surface area contributed by atoms with Gasteiger partial charge in [-0.2, -0.15) is 8.78 Å². The van der Waals surface area contributed by atoms with E-state index in [2.05, 4.69) is 15.0 Å². The van der Waals surface area contributed by atoms with Gasteiger partial charge in [-0.05, 0) is 36.4 Å². The Kier molecular flexibility index (Phi) is 5.70. The number of aromatic nitrogens is 2. The number of fused-ring (bicyclic) bond motifs is 1. The second-order valence-electron chi connectivity index (χ2n) is 5.51. The van der Waals surface area contributed by atoms with E-state index in [-0.39, 0.29) is 17.1 Å². The second kappa shape index (κ2) is 8.17. The van der Waals surface area contributed by atoms with E-state index in [0.29, 0.717) is 5.16 Å². The van der Waals surface area contributed by atoms with E-state index >= 15 is 0 Å². The number of rotatable bonds is 6. The molecule has 0 radical (unpaired) electrons. The Bertz CT molecular complexity index is 974. The Morgan fingerprint density at radius 1 is 1.19 bits per heavy atom. The number of imide groups is 1. The molecule has 1 aromatic heterocycles. The first-order chi connectivity index (χ1) is 12.9. The van der Waals surface area contributed by atoms with E-state index in [0.717, 1.165) is 11.0 Å². The molecule has 27 heavy (non-hydrogen) atoms. The lowest BCUT2D eigenvalue weighted by molar-refractivity contribution is -0.117. The summed E-state index contributed by atoms with van der Waals surface area (Å²) in [5.74, 6) is -1.15. The number of carbonyl (C=O) groups excluding carboxylic acids is 2. The number of ether oxygens (including phenoxy) is 1. The fourth-order valence-corrected chi connectivity index (χ4v) is 3.19. The highest BCUT2D eigenvalue weighted by Gasteiger charge is 2.14. The number of para-hydroxylation sites is 2.